The summed E-state index contributed by atoms with van der Waals surface area (Å²) in [4.78, 5) is 18.3. The van der Waals surface area contributed by atoms with Crippen LogP contribution in [0.5, 0.6) is 0 Å². The van der Waals surface area contributed by atoms with Crippen LogP contribution in [0, 0.1) is 5.92 Å². The summed E-state index contributed by atoms with van der Waals surface area (Å²) in [5.41, 5.74) is 1.11. The molecule has 1 saturated carbocycles. The van der Waals surface area contributed by atoms with Crippen molar-refractivity contribution in [3.63, 3.8) is 0 Å². The molecule has 2 fully saturated rings. The van der Waals surface area contributed by atoms with E-state index in [2.05, 4.69) is 27.1 Å². The second-order valence-electron chi connectivity index (χ2n) is 10.5. The van der Waals surface area contributed by atoms with E-state index in [9.17, 15) is 8.78 Å². The largest absolute Gasteiger partial charge is 0.385 e. The lowest BCUT2D eigenvalue weighted by Crippen LogP contribution is -2.37. The van der Waals surface area contributed by atoms with Crippen LogP contribution in [0.3, 0.4) is 0 Å². The lowest BCUT2D eigenvalue weighted by molar-refractivity contribution is 0.122. The number of fused-ring (bicyclic) bond motifs is 1. The van der Waals surface area contributed by atoms with Crippen molar-refractivity contribution in [2.45, 2.75) is 44.6 Å². The van der Waals surface area contributed by atoms with Gasteiger partial charge in [0.1, 0.15) is 11.6 Å². The third-order valence-electron chi connectivity index (χ3n) is 7.89. The van der Waals surface area contributed by atoms with Crippen molar-refractivity contribution in [3.05, 3.63) is 36.2 Å². The Morgan fingerprint density at radius 2 is 1.82 bits per heavy atom. The third-order valence-corrected chi connectivity index (χ3v) is 7.89. The van der Waals surface area contributed by atoms with Crippen LogP contribution in [-0.2, 0) is 9.47 Å². The number of anilines is 2. The summed E-state index contributed by atoms with van der Waals surface area (Å²) in [5, 5.41) is 3.45. The molecule has 3 aromatic rings. The molecule has 1 saturated heterocycles. The highest BCUT2D eigenvalue weighted by atomic mass is 19.3. The Balaban J connectivity index is 1.34. The van der Waals surface area contributed by atoms with E-state index in [1.807, 2.05) is 6.07 Å². The van der Waals surface area contributed by atoms with Crippen LogP contribution < -0.4 is 10.2 Å². The summed E-state index contributed by atoms with van der Waals surface area (Å²) in [6, 6.07) is 9.54. The molecule has 2 aromatic heterocycles. The molecule has 1 N–H and O–H groups in total. The second kappa shape index (κ2) is 13.0. The first-order valence-corrected chi connectivity index (χ1v) is 13.9. The zero-order valence-corrected chi connectivity index (χ0v) is 22.9. The van der Waals surface area contributed by atoms with Gasteiger partial charge in [-0.05, 0) is 57.2 Å². The Morgan fingerprint density at radius 1 is 1.08 bits per heavy atom. The number of benzene rings is 1. The molecule has 3 heterocycles. The maximum Gasteiger partial charge on any atom is 0.296 e. The molecule has 0 bridgehead atoms. The fourth-order valence-corrected chi connectivity index (χ4v) is 5.67. The number of nitrogens with one attached hydrogen (secondary N) is 1. The Bertz CT molecular complexity index is 1210. The topological polar surface area (TPSA) is 80.6 Å². The molecule has 9 nitrogen and oxygen atoms in total. The average Bonchev–Trinajstić information content (AvgIpc) is 3.37. The van der Waals surface area contributed by atoms with Crippen molar-refractivity contribution in [2.75, 3.05) is 70.4 Å². The van der Waals surface area contributed by atoms with Gasteiger partial charge in [-0.3, -0.25) is 4.57 Å². The molecule has 5 rings (SSSR count). The third kappa shape index (κ3) is 6.64. The SMILES string of the molecule is COCCCN(C)C1CCC(CNc2nc(N3CCOCC3)cc(-n3c(C(F)F)nc4ccccc43)n2)CC1. The second-order valence-corrected chi connectivity index (χ2v) is 10.5. The molecule has 1 aliphatic heterocycles. The van der Waals surface area contributed by atoms with Gasteiger partial charge in [-0.1, -0.05) is 12.1 Å². The summed E-state index contributed by atoms with van der Waals surface area (Å²) < 4.78 is 40.4. The van der Waals surface area contributed by atoms with Gasteiger partial charge < -0.3 is 24.6 Å². The number of nitrogens with zero attached hydrogens (tertiary/aromatic N) is 6. The number of rotatable bonds is 11. The van der Waals surface area contributed by atoms with Gasteiger partial charge in [0, 0.05) is 52.0 Å². The Hall–Kier alpha value is -2.89. The zero-order valence-electron chi connectivity index (χ0n) is 22.9. The molecule has 0 radical (unpaired) electrons. The number of hydrogen-bond acceptors (Lipinski definition) is 8. The van der Waals surface area contributed by atoms with Gasteiger partial charge in [0.2, 0.25) is 5.95 Å². The van der Waals surface area contributed by atoms with Crippen LogP contribution in [-0.4, -0.2) is 90.6 Å². The first kappa shape index (κ1) is 27.7. The van der Waals surface area contributed by atoms with E-state index in [1.165, 1.54) is 4.57 Å². The van der Waals surface area contributed by atoms with Gasteiger partial charge >= 0.3 is 0 Å². The Labute approximate surface area is 228 Å². The minimum atomic E-state index is -2.74. The molecular formula is C28H39F2N7O2. The number of imidazole rings is 1. The van der Waals surface area contributed by atoms with Gasteiger partial charge in [0.05, 0.1) is 24.2 Å². The number of para-hydroxylation sites is 2. The fourth-order valence-electron chi connectivity index (χ4n) is 5.67. The number of ether oxygens (including phenoxy) is 2. The first-order valence-electron chi connectivity index (χ1n) is 13.9. The van der Waals surface area contributed by atoms with Gasteiger partial charge in [-0.2, -0.15) is 9.97 Å². The first-order chi connectivity index (χ1) is 19.0. The lowest BCUT2D eigenvalue weighted by atomic mass is 9.85. The monoisotopic (exact) mass is 543 g/mol. The number of methoxy groups -OCH3 is 1. The van der Waals surface area contributed by atoms with Gasteiger partial charge in [0.25, 0.3) is 6.43 Å². The molecule has 0 unspecified atom stereocenters. The summed E-state index contributed by atoms with van der Waals surface area (Å²) in [7, 11) is 3.95. The van der Waals surface area contributed by atoms with E-state index in [0.717, 1.165) is 51.8 Å². The summed E-state index contributed by atoms with van der Waals surface area (Å²) in [5.74, 6) is 1.73. The fraction of sp³-hybridized carbons (Fsp3) is 0.607. The zero-order chi connectivity index (χ0) is 27.2. The van der Waals surface area contributed by atoms with Crippen LogP contribution in [0.4, 0.5) is 20.5 Å². The van der Waals surface area contributed by atoms with Crippen LogP contribution in [0.2, 0.25) is 0 Å². The van der Waals surface area contributed by atoms with E-state index in [0.29, 0.717) is 66.9 Å². The van der Waals surface area contributed by atoms with Gasteiger partial charge in [-0.15, -0.1) is 0 Å². The molecule has 212 valence electrons. The van der Waals surface area contributed by atoms with Gasteiger partial charge in [0.15, 0.2) is 5.82 Å². The molecule has 0 spiro atoms. The number of hydrogen-bond donors (Lipinski definition) is 1. The standard InChI is InChI=1S/C28H39F2N7O2/c1-35(12-5-15-38-2)21-10-8-20(9-11-21)19-31-28-33-24(36-13-16-39-17-14-36)18-25(34-28)37-23-7-4-3-6-22(23)32-27(37)26(29)30/h3-4,6-7,18,20-21,26H,5,8-17,19H2,1-2H3,(H,31,33,34). The highest BCUT2D eigenvalue weighted by Gasteiger charge is 2.26. The highest BCUT2D eigenvalue weighted by molar-refractivity contribution is 5.78. The van der Waals surface area contributed by atoms with E-state index >= 15 is 0 Å². The van der Waals surface area contributed by atoms with Crippen molar-refractivity contribution >= 4 is 22.8 Å². The van der Waals surface area contributed by atoms with Crippen molar-refractivity contribution in [1.82, 2.24) is 24.4 Å². The number of aromatic nitrogens is 4. The molecule has 11 heteroatoms. The molecule has 1 aliphatic carbocycles. The Morgan fingerprint density at radius 3 is 2.56 bits per heavy atom. The number of alkyl halides is 2. The summed E-state index contributed by atoms with van der Waals surface area (Å²) >= 11 is 0. The van der Waals surface area contributed by atoms with Crippen LogP contribution in [0.15, 0.2) is 30.3 Å². The molecule has 39 heavy (non-hydrogen) atoms. The molecular weight excluding hydrogens is 504 g/mol. The maximum atomic E-state index is 14.1. The minimum absolute atomic E-state index is 0.318. The minimum Gasteiger partial charge on any atom is -0.385 e. The normalized spacial score (nSPS) is 20.3. The van der Waals surface area contributed by atoms with Crippen molar-refractivity contribution in [3.8, 4) is 5.82 Å². The van der Waals surface area contributed by atoms with E-state index in [1.54, 1.807) is 31.4 Å². The smallest absolute Gasteiger partial charge is 0.296 e. The van der Waals surface area contributed by atoms with Crippen molar-refractivity contribution < 1.29 is 18.3 Å². The van der Waals surface area contributed by atoms with E-state index < -0.39 is 6.43 Å². The van der Waals surface area contributed by atoms with Crippen LogP contribution in [0.25, 0.3) is 16.9 Å². The van der Waals surface area contributed by atoms with Crippen LogP contribution >= 0.6 is 0 Å². The molecule has 0 atom stereocenters. The van der Waals surface area contributed by atoms with Crippen molar-refractivity contribution in [1.29, 1.82) is 0 Å². The van der Waals surface area contributed by atoms with E-state index in [-0.39, 0.29) is 5.82 Å². The number of halogens is 2. The maximum absolute atomic E-state index is 14.1. The quantitative estimate of drug-likeness (QED) is 0.354. The van der Waals surface area contributed by atoms with Gasteiger partial charge in [-0.25, -0.2) is 13.8 Å². The molecule has 0 amide bonds. The van der Waals surface area contributed by atoms with Crippen LogP contribution in [0.1, 0.15) is 44.4 Å². The average molecular weight is 544 g/mol. The predicted octanol–water partition coefficient (Wildman–Crippen LogP) is 4.53. The Kier molecular flexibility index (Phi) is 9.21. The van der Waals surface area contributed by atoms with E-state index in [4.69, 9.17) is 19.4 Å². The van der Waals surface area contributed by atoms with Crippen molar-refractivity contribution in [2.24, 2.45) is 5.92 Å². The summed E-state index contributed by atoms with van der Waals surface area (Å²) in [6.45, 7) is 5.16. The lowest BCUT2D eigenvalue weighted by Gasteiger charge is -2.34. The highest BCUT2D eigenvalue weighted by Crippen LogP contribution is 2.30. The predicted molar refractivity (Wildman–Crippen MR) is 148 cm³/mol. The summed E-state index contributed by atoms with van der Waals surface area (Å²) in [6.07, 6.45) is 2.89. The molecule has 1 aromatic carbocycles. The molecule has 2 aliphatic rings. The number of morpholine rings is 1.